The van der Waals surface area contributed by atoms with Crippen LogP contribution < -0.4 is 0 Å². The monoisotopic (exact) mass is 282 g/mol. The Kier molecular flexibility index (Phi) is 4.09. The van der Waals surface area contributed by atoms with Gasteiger partial charge in [0.25, 0.3) is 0 Å². The van der Waals surface area contributed by atoms with Gasteiger partial charge >= 0.3 is 6.09 Å². The van der Waals surface area contributed by atoms with Gasteiger partial charge in [-0.05, 0) is 24.6 Å². The molecule has 1 aliphatic heterocycles. The van der Waals surface area contributed by atoms with Crippen molar-refractivity contribution in [2.45, 2.75) is 13.1 Å². The highest BCUT2D eigenvalue weighted by molar-refractivity contribution is 8.15. The molecule has 4 nitrogen and oxygen atoms in total. The minimum atomic E-state index is -1.17. The van der Waals surface area contributed by atoms with E-state index < -0.39 is 12.3 Å². The summed E-state index contributed by atoms with van der Waals surface area (Å²) in [6.45, 7) is 2.25. The van der Waals surface area contributed by atoms with Gasteiger partial charge in [-0.3, -0.25) is 4.99 Å². The summed E-state index contributed by atoms with van der Waals surface area (Å²) in [5, 5.41) is 0. The molecule has 1 amide bonds. The summed E-state index contributed by atoms with van der Waals surface area (Å²) in [5.41, 5.74) is 2.91. The molecule has 6 heteroatoms. The van der Waals surface area contributed by atoms with E-state index in [0.29, 0.717) is 23.5 Å². The fourth-order valence-electron chi connectivity index (χ4n) is 1.80. The van der Waals surface area contributed by atoms with Crippen molar-refractivity contribution in [3.8, 4) is 0 Å². The molecular weight excluding hydrogens is 267 g/mol. The number of allylic oxidation sites excluding steroid dienone is 4. The third-order valence-corrected chi connectivity index (χ3v) is 3.72. The van der Waals surface area contributed by atoms with Crippen molar-refractivity contribution in [2.75, 3.05) is 20.6 Å². The average molecular weight is 282 g/mol. The van der Waals surface area contributed by atoms with Crippen molar-refractivity contribution < 1.29 is 13.9 Å². The molecule has 0 saturated carbocycles. The summed E-state index contributed by atoms with van der Waals surface area (Å²) in [5.74, 6) is 0.391. The first-order valence-electron chi connectivity index (χ1n) is 5.81. The Labute approximate surface area is 115 Å². The predicted molar refractivity (Wildman–Crippen MR) is 74.9 cm³/mol. The van der Waals surface area contributed by atoms with Gasteiger partial charge < -0.3 is 9.64 Å². The zero-order valence-corrected chi connectivity index (χ0v) is 11.8. The van der Waals surface area contributed by atoms with E-state index >= 15 is 0 Å². The van der Waals surface area contributed by atoms with E-state index in [-0.39, 0.29) is 0 Å². The summed E-state index contributed by atoms with van der Waals surface area (Å²) in [6, 6.07) is 0. The normalized spacial score (nSPS) is 26.0. The van der Waals surface area contributed by atoms with Gasteiger partial charge in [0.1, 0.15) is 11.9 Å². The van der Waals surface area contributed by atoms with Gasteiger partial charge in [0, 0.05) is 24.6 Å². The van der Waals surface area contributed by atoms with E-state index in [1.54, 1.807) is 26.6 Å². The SMILES string of the molecule is CC1=C(OC(=O)N(C)C)C=CC(F)C1=C1CN=CS1. The maximum Gasteiger partial charge on any atom is 0.414 e. The maximum atomic E-state index is 14.0. The van der Waals surface area contributed by atoms with Crippen molar-refractivity contribution in [2.24, 2.45) is 4.99 Å². The van der Waals surface area contributed by atoms with Crippen LogP contribution in [0.2, 0.25) is 0 Å². The fraction of sp³-hybridized carbons (Fsp3) is 0.385. The zero-order chi connectivity index (χ0) is 14.0. The van der Waals surface area contributed by atoms with Crippen molar-refractivity contribution in [3.63, 3.8) is 0 Å². The van der Waals surface area contributed by atoms with E-state index in [1.807, 2.05) is 0 Å². The number of ether oxygens (including phenoxy) is 1. The summed E-state index contributed by atoms with van der Waals surface area (Å²) in [4.78, 5) is 17.8. The molecule has 0 aromatic heterocycles. The number of hydrogen-bond acceptors (Lipinski definition) is 4. The minimum Gasteiger partial charge on any atom is -0.410 e. The van der Waals surface area contributed by atoms with Gasteiger partial charge in [0.15, 0.2) is 0 Å². The summed E-state index contributed by atoms with van der Waals surface area (Å²) < 4.78 is 19.3. The molecule has 0 spiro atoms. The number of rotatable bonds is 1. The average Bonchev–Trinajstić information content (AvgIpc) is 2.86. The summed E-state index contributed by atoms with van der Waals surface area (Å²) >= 11 is 1.41. The number of alkyl halides is 1. The number of thioether (sulfide) groups is 1. The highest BCUT2D eigenvalue weighted by Crippen LogP contribution is 2.35. The van der Waals surface area contributed by atoms with Crippen LogP contribution >= 0.6 is 11.8 Å². The van der Waals surface area contributed by atoms with E-state index in [1.165, 1.54) is 28.8 Å². The van der Waals surface area contributed by atoms with Gasteiger partial charge in [-0.25, -0.2) is 9.18 Å². The van der Waals surface area contributed by atoms with Crippen LogP contribution in [0.5, 0.6) is 0 Å². The van der Waals surface area contributed by atoms with Gasteiger partial charge in [-0.1, -0.05) is 11.8 Å². The Bertz CT molecular complexity index is 511. The van der Waals surface area contributed by atoms with E-state index in [9.17, 15) is 9.18 Å². The number of hydrogen-bond donors (Lipinski definition) is 0. The standard InChI is InChI=1S/C13H15FN2O2S/c1-8-10(18-13(17)16(2)3)5-4-9(14)12(8)11-6-15-7-19-11/h4-5,7,9H,6H2,1-3H3. The van der Waals surface area contributed by atoms with E-state index in [2.05, 4.69) is 4.99 Å². The Morgan fingerprint density at radius 3 is 2.89 bits per heavy atom. The van der Waals surface area contributed by atoms with Gasteiger partial charge in [0.05, 0.1) is 12.1 Å². The first-order chi connectivity index (χ1) is 9.00. The molecule has 1 aliphatic carbocycles. The van der Waals surface area contributed by atoms with Crippen LogP contribution in [-0.2, 0) is 4.74 Å². The Balaban J connectivity index is 2.31. The second-order valence-corrected chi connectivity index (χ2v) is 5.35. The molecule has 0 aromatic rings. The summed E-state index contributed by atoms with van der Waals surface area (Å²) in [7, 11) is 3.20. The highest BCUT2D eigenvalue weighted by atomic mass is 32.2. The molecule has 19 heavy (non-hydrogen) atoms. The Hall–Kier alpha value is -1.56. The lowest BCUT2D eigenvalue weighted by atomic mass is 9.96. The van der Waals surface area contributed by atoms with Crippen molar-refractivity contribution >= 4 is 23.4 Å². The van der Waals surface area contributed by atoms with Crippen LogP contribution in [0.1, 0.15) is 6.92 Å². The Morgan fingerprint density at radius 1 is 1.58 bits per heavy atom. The topological polar surface area (TPSA) is 41.9 Å². The molecule has 2 aliphatic rings. The smallest absolute Gasteiger partial charge is 0.410 e. The van der Waals surface area contributed by atoms with Crippen molar-refractivity contribution in [3.05, 3.63) is 34.0 Å². The lowest BCUT2D eigenvalue weighted by Gasteiger charge is -2.21. The molecular formula is C13H15FN2O2S. The molecule has 1 atom stereocenters. The van der Waals surface area contributed by atoms with Gasteiger partial charge in [-0.15, -0.1) is 0 Å². The predicted octanol–water partition coefficient (Wildman–Crippen LogP) is 2.90. The van der Waals surface area contributed by atoms with Crippen LogP contribution in [0.15, 0.2) is 39.0 Å². The largest absolute Gasteiger partial charge is 0.414 e. The number of carbonyl (C=O) groups is 1. The van der Waals surface area contributed by atoms with E-state index in [4.69, 9.17) is 4.74 Å². The molecule has 2 rings (SSSR count). The van der Waals surface area contributed by atoms with Crippen LogP contribution in [-0.4, -0.2) is 43.4 Å². The van der Waals surface area contributed by atoms with Crippen LogP contribution in [0, 0.1) is 0 Å². The van der Waals surface area contributed by atoms with Crippen molar-refractivity contribution in [1.82, 2.24) is 4.90 Å². The second kappa shape index (κ2) is 5.61. The van der Waals surface area contributed by atoms with Crippen LogP contribution in [0.25, 0.3) is 0 Å². The number of carbonyl (C=O) groups excluding carboxylic acids is 1. The van der Waals surface area contributed by atoms with Crippen LogP contribution in [0.3, 0.4) is 0 Å². The number of amides is 1. The number of aliphatic imine (C=N–C) groups is 1. The second-order valence-electron chi connectivity index (χ2n) is 4.41. The first kappa shape index (κ1) is 13.9. The lowest BCUT2D eigenvalue weighted by molar-refractivity contribution is 0.148. The minimum absolute atomic E-state index is 0.391. The molecule has 0 aromatic carbocycles. The van der Waals surface area contributed by atoms with Gasteiger partial charge in [0.2, 0.25) is 0 Å². The molecule has 1 unspecified atom stereocenters. The third kappa shape index (κ3) is 2.89. The molecule has 0 fully saturated rings. The fourth-order valence-corrected chi connectivity index (χ4v) is 2.62. The molecule has 0 bridgehead atoms. The van der Waals surface area contributed by atoms with Crippen LogP contribution in [0.4, 0.5) is 9.18 Å². The number of halogens is 1. The Morgan fingerprint density at radius 2 is 2.32 bits per heavy atom. The lowest BCUT2D eigenvalue weighted by Crippen LogP contribution is -2.23. The molecule has 0 saturated heterocycles. The quantitative estimate of drug-likeness (QED) is 0.742. The zero-order valence-electron chi connectivity index (χ0n) is 11.0. The van der Waals surface area contributed by atoms with Gasteiger partial charge in [-0.2, -0.15) is 0 Å². The molecule has 1 heterocycles. The molecule has 0 radical (unpaired) electrons. The highest BCUT2D eigenvalue weighted by Gasteiger charge is 2.26. The number of nitrogens with zero attached hydrogens (tertiary/aromatic N) is 2. The molecule has 0 N–H and O–H groups in total. The maximum absolute atomic E-state index is 14.0. The third-order valence-electron chi connectivity index (χ3n) is 2.83. The van der Waals surface area contributed by atoms with E-state index in [0.717, 1.165) is 4.91 Å². The summed E-state index contributed by atoms with van der Waals surface area (Å²) in [6.07, 6.45) is 1.25. The van der Waals surface area contributed by atoms with Crippen molar-refractivity contribution in [1.29, 1.82) is 0 Å². The first-order valence-corrected chi connectivity index (χ1v) is 6.69. The molecule has 102 valence electrons.